The summed E-state index contributed by atoms with van der Waals surface area (Å²) in [6, 6.07) is 9.97. The van der Waals surface area contributed by atoms with Gasteiger partial charge in [-0.15, -0.1) is 0 Å². The second kappa shape index (κ2) is 6.23. The summed E-state index contributed by atoms with van der Waals surface area (Å²) < 4.78 is 5.48. The van der Waals surface area contributed by atoms with Crippen LogP contribution in [0.3, 0.4) is 0 Å². The number of nitrogens with one attached hydrogen (secondary N) is 1. The highest BCUT2D eigenvalue weighted by Gasteiger charge is 2.15. The second-order valence-electron chi connectivity index (χ2n) is 4.01. The van der Waals surface area contributed by atoms with Gasteiger partial charge in [-0.1, -0.05) is 30.3 Å². The molecule has 2 rings (SSSR count). The zero-order valence-electron chi connectivity index (χ0n) is 10.6. The van der Waals surface area contributed by atoms with Gasteiger partial charge < -0.3 is 10.1 Å². The number of hydrogen-bond acceptors (Lipinski definition) is 4. The van der Waals surface area contributed by atoms with Crippen molar-refractivity contribution in [2.75, 3.05) is 14.2 Å². The molecule has 4 nitrogen and oxygen atoms in total. The molecule has 0 aliphatic heterocycles. The van der Waals surface area contributed by atoms with Crippen molar-refractivity contribution in [2.45, 2.75) is 12.6 Å². The van der Waals surface area contributed by atoms with Crippen molar-refractivity contribution in [2.24, 2.45) is 0 Å². The smallest absolute Gasteiger partial charge is 0.161 e. The fourth-order valence-corrected chi connectivity index (χ4v) is 1.81. The van der Waals surface area contributed by atoms with Crippen molar-refractivity contribution in [3.8, 4) is 0 Å². The predicted octanol–water partition coefficient (Wildman–Crippen LogP) is 1.93. The third kappa shape index (κ3) is 2.91. The number of ether oxygens (including phenoxy) is 1. The third-order valence-corrected chi connectivity index (χ3v) is 2.68. The summed E-state index contributed by atoms with van der Waals surface area (Å²) in [6.07, 6.45) is 3.44. The van der Waals surface area contributed by atoms with E-state index in [1.54, 1.807) is 7.11 Å². The highest BCUT2D eigenvalue weighted by Crippen LogP contribution is 2.21. The Labute approximate surface area is 107 Å². The van der Waals surface area contributed by atoms with Crippen LogP contribution in [0.25, 0.3) is 0 Å². The van der Waals surface area contributed by atoms with E-state index in [1.165, 1.54) is 0 Å². The number of benzene rings is 1. The lowest BCUT2D eigenvalue weighted by Crippen LogP contribution is -2.10. The molecule has 0 spiro atoms. The lowest BCUT2D eigenvalue weighted by atomic mass is 10.1. The van der Waals surface area contributed by atoms with Gasteiger partial charge in [0.05, 0.1) is 0 Å². The first-order valence-electron chi connectivity index (χ1n) is 5.88. The molecular formula is C14H17N3O. The van der Waals surface area contributed by atoms with E-state index in [1.807, 2.05) is 49.8 Å². The molecular weight excluding hydrogens is 226 g/mol. The molecule has 18 heavy (non-hydrogen) atoms. The van der Waals surface area contributed by atoms with Crippen LogP contribution in [0.2, 0.25) is 0 Å². The van der Waals surface area contributed by atoms with Gasteiger partial charge in [-0.25, -0.2) is 9.97 Å². The Kier molecular flexibility index (Phi) is 4.39. The van der Waals surface area contributed by atoms with Gasteiger partial charge in [-0.2, -0.15) is 0 Å². The van der Waals surface area contributed by atoms with Gasteiger partial charge in [-0.05, 0) is 12.6 Å². The Morgan fingerprint density at radius 2 is 1.83 bits per heavy atom. The Hall–Kier alpha value is -1.78. The molecule has 1 unspecified atom stereocenters. The molecule has 1 heterocycles. The molecule has 0 bridgehead atoms. The Morgan fingerprint density at radius 1 is 1.17 bits per heavy atom. The number of aromatic nitrogens is 2. The number of methoxy groups -OCH3 is 1. The highest BCUT2D eigenvalue weighted by molar-refractivity contribution is 5.23. The molecule has 0 saturated heterocycles. The molecule has 0 radical (unpaired) electrons. The average molecular weight is 243 g/mol. The molecule has 0 saturated carbocycles. The van der Waals surface area contributed by atoms with Crippen molar-refractivity contribution in [1.29, 1.82) is 0 Å². The van der Waals surface area contributed by atoms with Crippen LogP contribution in [0.4, 0.5) is 0 Å². The van der Waals surface area contributed by atoms with Gasteiger partial charge in [0.2, 0.25) is 0 Å². The quantitative estimate of drug-likeness (QED) is 0.871. The summed E-state index contributed by atoms with van der Waals surface area (Å²) in [6.45, 7) is 0.767. The molecule has 1 aromatic heterocycles. The summed E-state index contributed by atoms with van der Waals surface area (Å²) in [4.78, 5) is 8.74. The summed E-state index contributed by atoms with van der Waals surface area (Å²) in [5.41, 5.74) is 2.12. The topological polar surface area (TPSA) is 47.0 Å². The summed E-state index contributed by atoms with van der Waals surface area (Å²) in [5, 5.41) is 3.07. The van der Waals surface area contributed by atoms with Crippen molar-refractivity contribution in [3.05, 3.63) is 59.7 Å². The molecule has 4 heteroatoms. The lowest BCUT2D eigenvalue weighted by molar-refractivity contribution is 0.129. The normalized spacial score (nSPS) is 12.3. The first kappa shape index (κ1) is 12.7. The minimum absolute atomic E-state index is 0.213. The SMILES string of the molecule is CNCc1cnc(C(OC)c2ccccc2)nc1. The summed E-state index contributed by atoms with van der Waals surface area (Å²) >= 11 is 0. The molecule has 0 aliphatic rings. The van der Waals surface area contributed by atoms with Crippen LogP contribution in [-0.4, -0.2) is 24.1 Å². The van der Waals surface area contributed by atoms with E-state index in [4.69, 9.17) is 4.74 Å². The van der Waals surface area contributed by atoms with Crippen molar-refractivity contribution in [1.82, 2.24) is 15.3 Å². The van der Waals surface area contributed by atoms with Crippen LogP contribution in [0.5, 0.6) is 0 Å². The molecule has 1 aromatic carbocycles. The van der Waals surface area contributed by atoms with E-state index in [2.05, 4.69) is 15.3 Å². The molecule has 0 aliphatic carbocycles. The largest absolute Gasteiger partial charge is 0.369 e. The number of rotatable bonds is 5. The molecule has 1 N–H and O–H groups in total. The maximum absolute atomic E-state index is 5.48. The first-order chi connectivity index (χ1) is 8.85. The van der Waals surface area contributed by atoms with Crippen molar-refractivity contribution in [3.63, 3.8) is 0 Å². The standard InChI is InChI=1S/C14H17N3O/c1-15-8-11-9-16-14(17-10-11)13(18-2)12-6-4-3-5-7-12/h3-7,9-10,13,15H,8H2,1-2H3. The van der Waals surface area contributed by atoms with Crippen LogP contribution in [-0.2, 0) is 11.3 Å². The minimum Gasteiger partial charge on any atom is -0.369 e. The fraction of sp³-hybridized carbons (Fsp3) is 0.286. The Morgan fingerprint density at radius 3 is 2.39 bits per heavy atom. The second-order valence-corrected chi connectivity index (χ2v) is 4.01. The molecule has 0 fully saturated rings. The van der Waals surface area contributed by atoms with Gasteiger partial charge in [0.1, 0.15) is 6.10 Å². The van der Waals surface area contributed by atoms with E-state index in [-0.39, 0.29) is 6.10 Å². The maximum atomic E-state index is 5.48. The van der Waals surface area contributed by atoms with Gasteiger partial charge in [0.25, 0.3) is 0 Å². The molecule has 0 amide bonds. The molecule has 1 atom stereocenters. The van der Waals surface area contributed by atoms with Crippen LogP contribution in [0, 0.1) is 0 Å². The van der Waals surface area contributed by atoms with Gasteiger partial charge in [-0.3, -0.25) is 0 Å². The van der Waals surface area contributed by atoms with E-state index in [0.717, 1.165) is 17.7 Å². The van der Waals surface area contributed by atoms with Gasteiger partial charge in [0.15, 0.2) is 5.82 Å². The number of hydrogen-bond donors (Lipinski definition) is 1. The van der Waals surface area contributed by atoms with Crippen LogP contribution < -0.4 is 5.32 Å². The predicted molar refractivity (Wildman–Crippen MR) is 70.1 cm³/mol. The minimum atomic E-state index is -0.213. The molecule has 94 valence electrons. The summed E-state index contributed by atoms with van der Waals surface area (Å²) in [5.74, 6) is 0.684. The van der Waals surface area contributed by atoms with E-state index >= 15 is 0 Å². The zero-order chi connectivity index (χ0) is 12.8. The van der Waals surface area contributed by atoms with E-state index < -0.39 is 0 Å². The average Bonchev–Trinajstić information content (AvgIpc) is 2.43. The van der Waals surface area contributed by atoms with Gasteiger partial charge in [0, 0.05) is 31.6 Å². The van der Waals surface area contributed by atoms with Crippen molar-refractivity contribution < 1.29 is 4.74 Å². The van der Waals surface area contributed by atoms with Crippen LogP contribution in [0.15, 0.2) is 42.7 Å². The maximum Gasteiger partial charge on any atom is 0.161 e. The zero-order valence-corrected chi connectivity index (χ0v) is 10.6. The van der Waals surface area contributed by atoms with Gasteiger partial charge >= 0.3 is 0 Å². The first-order valence-corrected chi connectivity index (χ1v) is 5.88. The van der Waals surface area contributed by atoms with E-state index in [9.17, 15) is 0 Å². The van der Waals surface area contributed by atoms with E-state index in [0.29, 0.717) is 5.82 Å². The Balaban J connectivity index is 2.23. The monoisotopic (exact) mass is 243 g/mol. The van der Waals surface area contributed by atoms with Crippen LogP contribution in [0.1, 0.15) is 23.1 Å². The van der Waals surface area contributed by atoms with Crippen LogP contribution >= 0.6 is 0 Å². The number of nitrogens with zero attached hydrogens (tertiary/aromatic N) is 2. The Bertz CT molecular complexity index is 470. The lowest BCUT2D eigenvalue weighted by Gasteiger charge is -2.14. The summed E-state index contributed by atoms with van der Waals surface area (Å²) in [7, 11) is 3.57. The highest BCUT2D eigenvalue weighted by atomic mass is 16.5. The molecule has 2 aromatic rings. The van der Waals surface area contributed by atoms with Crippen molar-refractivity contribution >= 4 is 0 Å². The third-order valence-electron chi connectivity index (χ3n) is 2.68. The fourth-order valence-electron chi connectivity index (χ4n) is 1.81.